The number of alkyl carbamates (subject to hydrolysis) is 4. The fraction of sp³-hybridized carbons (Fsp3) is 0.638. The molecular weight excluding hydrogens is 1290 g/mol. The van der Waals surface area contributed by atoms with E-state index in [-0.39, 0.29) is 113 Å². The summed E-state index contributed by atoms with van der Waals surface area (Å²) in [5.74, 6) is -5.70. The Balaban J connectivity index is 1.75. The number of hydrogen-bond acceptors (Lipinski definition) is 22. The molecule has 2 rings (SSSR count). The standard InChI is InChI=1S/C69H107N9O21/c1-48(2)39-57(59(81)22-24-62(84)71-27-15-29-94-33-31-92-5)76-64(86)52(41-50-17-9-7-10-18-50)43-54(79)46-74-67(89)97-36-35-96-66(88)73-26-14-13-21-56(61(83)45-70)78-69(91)99-38-37-98-68(90)75-47-55(80)44-53(42-51-19-11-8-12-20-51)65(87)77-58(40-49(3)4)60(82)23-25-63(85)72-28-16-30-95-34-32-93-6/h7-12,17-20,48-49,52-53,56-58H,13-16,21-47,70H2,1-6H3,(H,71,84)(H,72,85)(H,73,88)(H,74,89)(H,75,90)(H,76,86)(H,77,87)(H,78,91). The molecule has 554 valence electrons. The first-order valence-corrected chi connectivity index (χ1v) is 33.9. The Labute approximate surface area is 580 Å². The molecule has 30 heteroatoms. The van der Waals surface area contributed by atoms with Crippen LogP contribution in [0.5, 0.6) is 0 Å². The molecule has 10 N–H and O–H groups in total. The molecule has 2 aromatic rings. The van der Waals surface area contributed by atoms with E-state index in [9.17, 15) is 62.3 Å². The molecule has 0 radical (unpaired) electrons. The lowest BCUT2D eigenvalue weighted by Gasteiger charge is -2.23. The van der Waals surface area contributed by atoms with E-state index < -0.39 is 116 Å². The molecule has 0 aromatic heterocycles. The second-order valence-electron chi connectivity index (χ2n) is 24.2. The first kappa shape index (κ1) is 86.6. The molecule has 0 aliphatic carbocycles. The second-order valence-corrected chi connectivity index (χ2v) is 24.2. The fourth-order valence-electron chi connectivity index (χ4n) is 9.70. The second kappa shape index (κ2) is 53.5. The number of unbranched alkanes of at least 4 members (excludes halogenated alkanes) is 1. The van der Waals surface area contributed by atoms with Gasteiger partial charge in [-0.15, -0.1) is 0 Å². The quantitative estimate of drug-likeness (QED) is 0.0337. The number of nitrogens with two attached hydrogens (primary N) is 1. The highest BCUT2D eigenvalue weighted by molar-refractivity contribution is 5.95. The van der Waals surface area contributed by atoms with Crippen LogP contribution in [-0.2, 0) is 93.9 Å². The minimum Gasteiger partial charge on any atom is -0.446 e. The average molecular weight is 1400 g/mol. The minimum absolute atomic E-state index is 0.00270. The highest BCUT2D eigenvalue weighted by Gasteiger charge is 2.31. The maximum absolute atomic E-state index is 13.8. The van der Waals surface area contributed by atoms with Crippen molar-refractivity contribution in [1.82, 2.24) is 42.5 Å². The number of Topliss-reactive ketones (excluding diaryl/α,β-unsaturated/α-hetero) is 5. The molecule has 0 spiro atoms. The number of ether oxygens (including phenoxy) is 8. The van der Waals surface area contributed by atoms with Gasteiger partial charge in [-0.1, -0.05) is 88.4 Å². The van der Waals surface area contributed by atoms with Crippen LogP contribution in [0.3, 0.4) is 0 Å². The van der Waals surface area contributed by atoms with Crippen molar-refractivity contribution in [2.75, 3.05) is 120 Å². The van der Waals surface area contributed by atoms with Gasteiger partial charge < -0.3 is 86.2 Å². The predicted octanol–water partition coefficient (Wildman–Crippen LogP) is 3.69. The van der Waals surface area contributed by atoms with E-state index in [4.69, 9.17) is 43.6 Å². The van der Waals surface area contributed by atoms with E-state index in [2.05, 4.69) is 42.5 Å². The van der Waals surface area contributed by atoms with Gasteiger partial charge in [-0.25, -0.2) is 19.2 Å². The number of hydrogen-bond donors (Lipinski definition) is 9. The molecule has 0 saturated heterocycles. The summed E-state index contributed by atoms with van der Waals surface area (Å²) in [4.78, 5) is 168. The predicted molar refractivity (Wildman–Crippen MR) is 363 cm³/mol. The van der Waals surface area contributed by atoms with Gasteiger partial charge in [0.15, 0.2) is 28.9 Å². The van der Waals surface area contributed by atoms with Crippen LogP contribution in [0.25, 0.3) is 0 Å². The number of amides is 8. The molecule has 0 bridgehead atoms. The molecular formula is C69H107N9O21. The van der Waals surface area contributed by atoms with Crippen molar-refractivity contribution in [3.63, 3.8) is 0 Å². The van der Waals surface area contributed by atoms with E-state index in [1.807, 2.05) is 27.7 Å². The molecule has 0 aliphatic rings. The summed E-state index contributed by atoms with van der Waals surface area (Å²) in [5.41, 5.74) is 7.10. The van der Waals surface area contributed by atoms with E-state index >= 15 is 0 Å². The third-order valence-electron chi connectivity index (χ3n) is 14.8. The van der Waals surface area contributed by atoms with E-state index in [0.717, 1.165) is 11.1 Å². The summed E-state index contributed by atoms with van der Waals surface area (Å²) in [6.45, 7) is 8.09. The zero-order chi connectivity index (χ0) is 73.0. The zero-order valence-corrected chi connectivity index (χ0v) is 58.4. The first-order chi connectivity index (χ1) is 47.5. The molecule has 2 aromatic carbocycles. The minimum atomic E-state index is -1.06. The monoisotopic (exact) mass is 1400 g/mol. The smallest absolute Gasteiger partial charge is 0.407 e. The van der Waals surface area contributed by atoms with Gasteiger partial charge in [0.05, 0.1) is 64.2 Å². The SMILES string of the molecule is COCCOCCCNC(=O)CCC(=O)C(CC(C)C)NC(=O)C(CC(=O)CNC(=O)OCCOC(=O)NCCCCC(NC(=O)OCCOC(=O)NCC(=O)CC(Cc1ccccc1)C(=O)NC(CC(C)C)C(=O)CCC(=O)NCCCOCCOC)C(=O)CN)Cc1ccccc1. The Kier molecular flexibility index (Phi) is 46.8. The molecule has 8 amide bonds. The van der Waals surface area contributed by atoms with Crippen LogP contribution in [0.2, 0.25) is 0 Å². The van der Waals surface area contributed by atoms with Crippen molar-refractivity contribution in [3.8, 4) is 0 Å². The van der Waals surface area contributed by atoms with Gasteiger partial charge in [0.2, 0.25) is 23.6 Å². The normalized spacial score (nSPS) is 12.5. The Morgan fingerprint density at radius 2 is 0.798 bits per heavy atom. The molecule has 0 aliphatic heterocycles. The number of ketones is 5. The Morgan fingerprint density at radius 3 is 1.19 bits per heavy atom. The molecule has 0 heterocycles. The van der Waals surface area contributed by atoms with Gasteiger partial charge in [-0.3, -0.25) is 43.2 Å². The summed E-state index contributed by atoms with van der Waals surface area (Å²) in [7, 11) is 3.14. The number of rotatable bonds is 56. The Morgan fingerprint density at radius 1 is 0.404 bits per heavy atom. The topological polar surface area (TPSA) is 418 Å². The number of benzene rings is 2. The molecule has 5 atom stereocenters. The van der Waals surface area contributed by atoms with E-state index in [1.54, 1.807) is 74.9 Å². The molecule has 5 unspecified atom stereocenters. The lowest BCUT2D eigenvalue weighted by molar-refractivity contribution is -0.133. The molecule has 99 heavy (non-hydrogen) atoms. The van der Waals surface area contributed by atoms with Crippen molar-refractivity contribution < 1.29 is 100 Å². The van der Waals surface area contributed by atoms with Crippen molar-refractivity contribution in [3.05, 3.63) is 71.8 Å². The number of methoxy groups -OCH3 is 2. The molecule has 0 saturated carbocycles. The average Bonchev–Trinajstić information content (AvgIpc) is 0.896. The maximum Gasteiger partial charge on any atom is 0.407 e. The largest absolute Gasteiger partial charge is 0.446 e. The maximum atomic E-state index is 13.8. The van der Waals surface area contributed by atoms with Gasteiger partial charge in [0.1, 0.15) is 26.4 Å². The Hall–Kier alpha value is -8.45. The zero-order valence-electron chi connectivity index (χ0n) is 58.4. The van der Waals surface area contributed by atoms with Crippen molar-refractivity contribution in [2.24, 2.45) is 29.4 Å². The lowest BCUT2D eigenvalue weighted by atomic mass is 9.91. The summed E-state index contributed by atoms with van der Waals surface area (Å²) in [6, 6.07) is 15.1. The van der Waals surface area contributed by atoms with Crippen molar-refractivity contribution >= 4 is 76.9 Å². The van der Waals surface area contributed by atoms with Crippen LogP contribution >= 0.6 is 0 Å². The highest BCUT2D eigenvalue weighted by Crippen LogP contribution is 2.19. The van der Waals surface area contributed by atoms with Crippen LogP contribution in [0.1, 0.15) is 122 Å². The molecule has 30 nitrogen and oxygen atoms in total. The summed E-state index contributed by atoms with van der Waals surface area (Å²) < 4.78 is 40.9. The van der Waals surface area contributed by atoms with Crippen LogP contribution < -0.4 is 48.3 Å². The summed E-state index contributed by atoms with van der Waals surface area (Å²) in [5, 5.41) is 20.8. The number of nitrogens with one attached hydrogen (secondary N) is 8. The van der Waals surface area contributed by atoms with Gasteiger partial charge in [-0.05, 0) is 80.8 Å². The number of carbonyl (C=O) groups excluding carboxylic acids is 13. The van der Waals surface area contributed by atoms with Crippen molar-refractivity contribution in [1.29, 1.82) is 0 Å². The van der Waals surface area contributed by atoms with E-state index in [0.29, 0.717) is 91.3 Å². The van der Waals surface area contributed by atoms with Crippen LogP contribution in [0.4, 0.5) is 19.2 Å². The lowest BCUT2D eigenvalue weighted by Crippen LogP contribution is -2.46. The van der Waals surface area contributed by atoms with E-state index in [1.165, 1.54) is 0 Å². The number of carbonyl (C=O) groups is 13. The summed E-state index contributed by atoms with van der Waals surface area (Å²) in [6.07, 6.45) is -1.97. The van der Waals surface area contributed by atoms with Gasteiger partial charge in [0.25, 0.3) is 0 Å². The third kappa shape index (κ3) is 43.5. The Bertz CT molecular complexity index is 2760. The summed E-state index contributed by atoms with van der Waals surface area (Å²) >= 11 is 0. The van der Waals surface area contributed by atoms with Gasteiger partial charge in [0, 0.05) is 97.4 Å². The highest BCUT2D eigenvalue weighted by atomic mass is 16.6. The van der Waals surface area contributed by atoms with Crippen molar-refractivity contribution in [2.45, 2.75) is 142 Å². The fourth-order valence-corrected chi connectivity index (χ4v) is 9.70. The van der Waals surface area contributed by atoms with Crippen LogP contribution in [0, 0.1) is 23.7 Å². The third-order valence-corrected chi connectivity index (χ3v) is 14.8. The van der Waals surface area contributed by atoms with Gasteiger partial charge in [-0.2, -0.15) is 0 Å². The van der Waals surface area contributed by atoms with Crippen LogP contribution in [0.15, 0.2) is 60.7 Å². The van der Waals surface area contributed by atoms with Crippen LogP contribution in [-0.4, -0.2) is 215 Å². The first-order valence-electron chi connectivity index (χ1n) is 33.9. The van der Waals surface area contributed by atoms with Gasteiger partial charge >= 0.3 is 24.4 Å². The molecule has 0 fully saturated rings.